The van der Waals surface area contributed by atoms with Gasteiger partial charge in [-0.2, -0.15) is 0 Å². The van der Waals surface area contributed by atoms with Gasteiger partial charge in [-0.3, -0.25) is 4.79 Å². The fraction of sp³-hybridized carbons (Fsp3) is 0.429. The molecule has 7 heteroatoms. The maximum atomic E-state index is 13.9. The van der Waals surface area contributed by atoms with Gasteiger partial charge in [-0.15, -0.1) is 0 Å². The van der Waals surface area contributed by atoms with E-state index in [1.165, 1.54) is 10.6 Å². The standard InChI is InChI=1S/C14H18F2N4O/c1-8(2)7-18-11(21)5-6-20-13-10(19-14(20)17)4-3-9(15)12(13)16/h3-4,8H,5-7H2,1-2H3,(H2,17,19)(H,18,21). The van der Waals surface area contributed by atoms with Crippen molar-refractivity contribution >= 4 is 22.9 Å². The Hall–Kier alpha value is -2.18. The molecule has 0 aliphatic rings. The summed E-state index contributed by atoms with van der Waals surface area (Å²) in [4.78, 5) is 15.7. The Morgan fingerprint density at radius 1 is 1.43 bits per heavy atom. The van der Waals surface area contributed by atoms with Crippen molar-refractivity contribution in [1.29, 1.82) is 0 Å². The van der Waals surface area contributed by atoms with Crippen LogP contribution in [0.5, 0.6) is 0 Å². The van der Waals surface area contributed by atoms with Gasteiger partial charge in [0.15, 0.2) is 11.6 Å². The molecule has 0 aliphatic carbocycles. The molecule has 0 saturated heterocycles. The number of nitrogens with two attached hydrogens (primary N) is 1. The molecule has 1 aromatic carbocycles. The number of hydrogen-bond acceptors (Lipinski definition) is 3. The van der Waals surface area contributed by atoms with Crippen molar-refractivity contribution in [2.75, 3.05) is 12.3 Å². The Kier molecular flexibility index (Phi) is 4.40. The largest absolute Gasteiger partial charge is 0.369 e. The van der Waals surface area contributed by atoms with Gasteiger partial charge in [-0.25, -0.2) is 13.8 Å². The van der Waals surface area contributed by atoms with Crippen LogP contribution in [-0.2, 0) is 11.3 Å². The molecule has 2 aromatic rings. The van der Waals surface area contributed by atoms with E-state index >= 15 is 0 Å². The molecule has 0 saturated carbocycles. The average molecular weight is 296 g/mol. The Morgan fingerprint density at radius 2 is 2.14 bits per heavy atom. The number of amides is 1. The Labute approximate surface area is 121 Å². The van der Waals surface area contributed by atoms with E-state index in [2.05, 4.69) is 10.3 Å². The molecular formula is C14H18F2N4O. The van der Waals surface area contributed by atoms with Gasteiger partial charge in [-0.1, -0.05) is 13.8 Å². The van der Waals surface area contributed by atoms with Crippen LogP contribution in [0, 0.1) is 17.6 Å². The lowest BCUT2D eigenvalue weighted by Gasteiger charge is -2.09. The van der Waals surface area contributed by atoms with Gasteiger partial charge in [0.05, 0.1) is 5.52 Å². The van der Waals surface area contributed by atoms with Crippen LogP contribution in [-0.4, -0.2) is 22.0 Å². The maximum absolute atomic E-state index is 13.9. The Bertz CT molecular complexity index is 667. The molecule has 1 amide bonds. The number of anilines is 1. The highest BCUT2D eigenvalue weighted by atomic mass is 19.2. The number of carbonyl (C=O) groups is 1. The SMILES string of the molecule is CC(C)CNC(=O)CCn1c(N)nc2ccc(F)c(F)c21. The van der Waals surface area contributed by atoms with E-state index in [0.29, 0.717) is 12.5 Å². The van der Waals surface area contributed by atoms with Crippen molar-refractivity contribution in [3.8, 4) is 0 Å². The van der Waals surface area contributed by atoms with Crippen LogP contribution >= 0.6 is 0 Å². The second-order valence-corrected chi connectivity index (χ2v) is 5.30. The van der Waals surface area contributed by atoms with Crippen LogP contribution in [0.4, 0.5) is 14.7 Å². The maximum Gasteiger partial charge on any atom is 0.221 e. The first-order valence-corrected chi connectivity index (χ1v) is 6.76. The number of hydrogen-bond donors (Lipinski definition) is 2. The number of carbonyl (C=O) groups excluding carboxylic acids is 1. The molecule has 3 N–H and O–H groups in total. The number of imidazole rings is 1. The molecule has 0 unspecified atom stereocenters. The molecule has 0 bridgehead atoms. The average Bonchev–Trinajstić information content (AvgIpc) is 2.75. The van der Waals surface area contributed by atoms with Crippen molar-refractivity contribution in [1.82, 2.24) is 14.9 Å². The fourth-order valence-electron chi connectivity index (χ4n) is 2.02. The van der Waals surface area contributed by atoms with E-state index in [9.17, 15) is 13.6 Å². The predicted octanol–water partition coefficient (Wildman–Crippen LogP) is 2.06. The summed E-state index contributed by atoms with van der Waals surface area (Å²) in [6.07, 6.45) is 0.123. The number of aryl methyl sites for hydroxylation is 1. The number of rotatable bonds is 5. The van der Waals surface area contributed by atoms with Crippen molar-refractivity contribution in [2.45, 2.75) is 26.8 Å². The highest BCUT2D eigenvalue weighted by Crippen LogP contribution is 2.23. The van der Waals surface area contributed by atoms with E-state index < -0.39 is 11.6 Å². The Balaban J connectivity index is 2.17. The third-order valence-electron chi connectivity index (χ3n) is 3.10. The van der Waals surface area contributed by atoms with Gasteiger partial charge in [0.1, 0.15) is 5.52 Å². The third-order valence-corrected chi connectivity index (χ3v) is 3.10. The zero-order chi connectivity index (χ0) is 15.6. The zero-order valence-electron chi connectivity index (χ0n) is 12.0. The lowest BCUT2D eigenvalue weighted by Crippen LogP contribution is -2.28. The smallest absolute Gasteiger partial charge is 0.221 e. The minimum absolute atomic E-state index is 0.0100. The van der Waals surface area contributed by atoms with Crippen molar-refractivity contribution in [3.63, 3.8) is 0 Å². The molecular weight excluding hydrogens is 278 g/mol. The summed E-state index contributed by atoms with van der Waals surface area (Å²) < 4.78 is 28.5. The van der Waals surface area contributed by atoms with Gasteiger partial charge in [-0.05, 0) is 18.1 Å². The fourth-order valence-corrected chi connectivity index (χ4v) is 2.02. The normalized spacial score (nSPS) is 11.3. The van der Waals surface area contributed by atoms with Crippen LogP contribution in [0.2, 0.25) is 0 Å². The summed E-state index contributed by atoms with van der Waals surface area (Å²) in [7, 11) is 0. The molecule has 0 fully saturated rings. The van der Waals surface area contributed by atoms with E-state index in [-0.39, 0.29) is 35.9 Å². The molecule has 1 heterocycles. The number of benzene rings is 1. The van der Waals surface area contributed by atoms with Gasteiger partial charge in [0, 0.05) is 19.5 Å². The first kappa shape index (κ1) is 15.2. The van der Waals surface area contributed by atoms with Crippen LogP contribution < -0.4 is 11.1 Å². The second kappa shape index (κ2) is 6.07. The molecule has 2 rings (SSSR count). The molecule has 1 aromatic heterocycles. The van der Waals surface area contributed by atoms with Crippen LogP contribution in [0.25, 0.3) is 11.0 Å². The highest BCUT2D eigenvalue weighted by Gasteiger charge is 2.16. The van der Waals surface area contributed by atoms with E-state index in [0.717, 1.165) is 6.07 Å². The quantitative estimate of drug-likeness (QED) is 0.887. The molecule has 0 radical (unpaired) electrons. The summed E-state index contributed by atoms with van der Waals surface area (Å²) in [5, 5.41) is 2.76. The number of nitrogens with one attached hydrogen (secondary N) is 1. The molecule has 0 aliphatic heterocycles. The Morgan fingerprint density at radius 3 is 2.81 bits per heavy atom. The summed E-state index contributed by atoms with van der Waals surface area (Å²) >= 11 is 0. The summed E-state index contributed by atoms with van der Waals surface area (Å²) in [6, 6.07) is 2.36. The second-order valence-electron chi connectivity index (χ2n) is 5.30. The van der Waals surface area contributed by atoms with Crippen molar-refractivity contribution in [2.24, 2.45) is 5.92 Å². The number of halogens is 2. The zero-order valence-corrected chi connectivity index (χ0v) is 12.0. The van der Waals surface area contributed by atoms with Gasteiger partial charge >= 0.3 is 0 Å². The summed E-state index contributed by atoms with van der Waals surface area (Å²) in [5.74, 6) is -1.72. The number of aromatic nitrogens is 2. The first-order valence-electron chi connectivity index (χ1n) is 6.76. The minimum atomic E-state index is -1.00. The topological polar surface area (TPSA) is 72.9 Å². The molecule has 21 heavy (non-hydrogen) atoms. The van der Waals surface area contributed by atoms with E-state index in [4.69, 9.17) is 5.73 Å². The first-order chi connectivity index (χ1) is 9.90. The predicted molar refractivity (Wildman–Crippen MR) is 76.5 cm³/mol. The molecule has 5 nitrogen and oxygen atoms in total. The minimum Gasteiger partial charge on any atom is -0.369 e. The van der Waals surface area contributed by atoms with E-state index in [1.807, 2.05) is 13.8 Å². The number of nitrogen functional groups attached to an aromatic ring is 1. The molecule has 0 atom stereocenters. The monoisotopic (exact) mass is 296 g/mol. The van der Waals surface area contributed by atoms with Gasteiger partial charge in [0.25, 0.3) is 0 Å². The third kappa shape index (κ3) is 3.29. The lowest BCUT2D eigenvalue weighted by atomic mass is 10.2. The number of fused-ring (bicyclic) bond motifs is 1. The van der Waals surface area contributed by atoms with Crippen LogP contribution in [0.3, 0.4) is 0 Å². The molecule has 0 spiro atoms. The van der Waals surface area contributed by atoms with Crippen LogP contribution in [0.1, 0.15) is 20.3 Å². The van der Waals surface area contributed by atoms with Gasteiger partial charge < -0.3 is 15.6 Å². The summed E-state index contributed by atoms with van der Waals surface area (Å²) in [6.45, 7) is 4.69. The van der Waals surface area contributed by atoms with Gasteiger partial charge in [0.2, 0.25) is 11.9 Å². The van der Waals surface area contributed by atoms with E-state index in [1.54, 1.807) is 0 Å². The van der Waals surface area contributed by atoms with Crippen LogP contribution in [0.15, 0.2) is 12.1 Å². The summed E-state index contributed by atoms with van der Waals surface area (Å²) in [5.41, 5.74) is 5.97. The molecule has 114 valence electrons. The van der Waals surface area contributed by atoms with Crippen molar-refractivity contribution in [3.05, 3.63) is 23.8 Å². The lowest BCUT2D eigenvalue weighted by molar-refractivity contribution is -0.121. The van der Waals surface area contributed by atoms with Crippen molar-refractivity contribution < 1.29 is 13.6 Å². The number of nitrogens with zero attached hydrogens (tertiary/aromatic N) is 2. The highest BCUT2D eigenvalue weighted by molar-refractivity contribution is 5.80.